The van der Waals surface area contributed by atoms with Crippen molar-refractivity contribution in [1.29, 1.82) is 0 Å². The van der Waals surface area contributed by atoms with Crippen LogP contribution in [0.2, 0.25) is 0 Å². The topological polar surface area (TPSA) is 115 Å². The first kappa shape index (κ1) is 22.4. The third kappa shape index (κ3) is 5.27. The number of carboxylic acids is 2. The number of rotatable bonds is 14. The summed E-state index contributed by atoms with van der Waals surface area (Å²) in [6.07, 6.45) is 11.2. The van der Waals surface area contributed by atoms with Crippen LogP contribution in [0.5, 0.6) is 11.5 Å². The summed E-state index contributed by atoms with van der Waals surface area (Å²) >= 11 is 0. The molecule has 0 aromatic heterocycles. The van der Waals surface area contributed by atoms with Gasteiger partial charge in [-0.3, -0.25) is 9.59 Å². The van der Waals surface area contributed by atoms with E-state index in [2.05, 4.69) is 0 Å². The minimum absolute atomic E-state index is 0.0421. The first-order valence-corrected chi connectivity index (χ1v) is 11.3. The van der Waals surface area contributed by atoms with Crippen molar-refractivity contribution in [3.63, 3.8) is 0 Å². The summed E-state index contributed by atoms with van der Waals surface area (Å²) in [5.74, 6) is -1.43. The van der Waals surface area contributed by atoms with E-state index in [-0.39, 0.29) is 11.5 Å². The van der Waals surface area contributed by atoms with E-state index in [1.807, 2.05) is 12.1 Å². The fourth-order valence-electron chi connectivity index (χ4n) is 4.42. The molecule has 2 saturated carbocycles. The van der Waals surface area contributed by atoms with Crippen molar-refractivity contribution in [2.75, 3.05) is 0 Å². The van der Waals surface area contributed by atoms with Crippen LogP contribution in [0.4, 0.5) is 0 Å². The van der Waals surface area contributed by atoms with Gasteiger partial charge in [-0.05, 0) is 75.3 Å². The predicted molar refractivity (Wildman–Crippen MR) is 113 cm³/mol. The maximum Gasteiger partial charge on any atom is 0.309 e. The number of benzene rings is 1. The number of aryl methyl sites for hydroxylation is 2. The summed E-state index contributed by atoms with van der Waals surface area (Å²) < 4.78 is 0. The normalized spacial score (nSPS) is 18.1. The van der Waals surface area contributed by atoms with E-state index in [0.29, 0.717) is 12.8 Å². The molecule has 2 aliphatic carbocycles. The maximum absolute atomic E-state index is 11.2. The Balaban J connectivity index is 1.36. The molecule has 30 heavy (non-hydrogen) atoms. The number of aliphatic carboxylic acids is 2. The van der Waals surface area contributed by atoms with Gasteiger partial charge in [0, 0.05) is 0 Å². The van der Waals surface area contributed by atoms with E-state index in [1.54, 1.807) is 0 Å². The zero-order valence-corrected chi connectivity index (χ0v) is 17.7. The molecule has 0 unspecified atom stereocenters. The monoisotopic (exact) mass is 418 g/mol. The summed E-state index contributed by atoms with van der Waals surface area (Å²) in [6.45, 7) is 0. The van der Waals surface area contributed by atoms with Crippen LogP contribution in [0.25, 0.3) is 0 Å². The van der Waals surface area contributed by atoms with E-state index in [9.17, 15) is 30.0 Å². The summed E-state index contributed by atoms with van der Waals surface area (Å²) in [7, 11) is 0. The lowest BCUT2D eigenvalue weighted by Gasteiger charge is -2.12. The molecular formula is C24H34O6. The number of phenolic OH excluding ortho intramolecular Hbond substituents is 2. The Bertz CT molecular complexity index is 711. The number of hydrogen-bond donors (Lipinski definition) is 4. The van der Waals surface area contributed by atoms with Crippen LogP contribution in [-0.4, -0.2) is 32.4 Å². The highest BCUT2D eigenvalue weighted by Gasteiger charge is 2.49. The number of unbranched alkanes of at least 4 members (excludes halogenated alkanes) is 4. The molecule has 0 atom stereocenters. The molecule has 3 rings (SSSR count). The van der Waals surface area contributed by atoms with Crippen molar-refractivity contribution in [2.45, 2.75) is 89.9 Å². The molecule has 0 saturated heterocycles. The number of carbonyl (C=O) groups is 2. The molecule has 0 bridgehead atoms. The lowest BCUT2D eigenvalue weighted by Crippen LogP contribution is -2.14. The molecule has 0 heterocycles. The zero-order chi connectivity index (χ0) is 21.8. The number of carboxylic acid groups (broad SMARTS) is 2. The van der Waals surface area contributed by atoms with Crippen molar-refractivity contribution < 1.29 is 30.0 Å². The molecule has 2 aliphatic rings. The third-order valence-electron chi connectivity index (χ3n) is 7.14. The highest BCUT2D eigenvalue weighted by atomic mass is 16.4. The van der Waals surface area contributed by atoms with Crippen molar-refractivity contribution in [3.05, 3.63) is 23.3 Å². The molecule has 6 heteroatoms. The Kier molecular flexibility index (Phi) is 6.94. The molecule has 1 aromatic rings. The van der Waals surface area contributed by atoms with Crippen molar-refractivity contribution in [2.24, 2.45) is 10.8 Å². The fraction of sp³-hybridized carbons (Fsp3) is 0.667. The average molecular weight is 419 g/mol. The average Bonchev–Trinajstić information content (AvgIpc) is 3.61. The van der Waals surface area contributed by atoms with Crippen LogP contribution in [0.3, 0.4) is 0 Å². The minimum Gasteiger partial charge on any atom is -0.504 e. The van der Waals surface area contributed by atoms with Gasteiger partial charge in [-0.1, -0.05) is 37.8 Å². The Morgan fingerprint density at radius 3 is 1.33 bits per heavy atom. The minimum atomic E-state index is -0.672. The molecule has 4 N–H and O–H groups in total. The molecule has 0 aliphatic heterocycles. The first-order chi connectivity index (χ1) is 14.3. The van der Waals surface area contributed by atoms with Crippen LogP contribution in [-0.2, 0) is 22.4 Å². The Morgan fingerprint density at radius 2 is 1.03 bits per heavy atom. The second-order valence-electron chi connectivity index (χ2n) is 9.37. The van der Waals surface area contributed by atoms with Crippen LogP contribution >= 0.6 is 0 Å². The van der Waals surface area contributed by atoms with Crippen LogP contribution in [0, 0.1) is 10.8 Å². The van der Waals surface area contributed by atoms with E-state index < -0.39 is 22.8 Å². The van der Waals surface area contributed by atoms with Crippen molar-refractivity contribution in [3.8, 4) is 11.5 Å². The second kappa shape index (κ2) is 9.27. The molecule has 0 spiro atoms. The van der Waals surface area contributed by atoms with Crippen molar-refractivity contribution >= 4 is 11.9 Å². The smallest absolute Gasteiger partial charge is 0.309 e. The van der Waals surface area contributed by atoms with Gasteiger partial charge in [0.25, 0.3) is 0 Å². The van der Waals surface area contributed by atoms with Crippen LogP contribution < -0.4 is 0 Å². The van der Waals surface area contributed by atoms with Gasteiger partial charge in [0.05, 0.1) is 10.8 Å². The van der Waals surface area contributed by atoms with Gasteiger partial charge in [0.15, 0.2) is 11.5 Å². The van der Waals surface area contributed by atoms with Gasteiger partial charge >= 0.3 is 11.9 Å². The second-order valence-corrected chi connectivity index (χ2v) is 9.37. The molecule has 1 aromatic carbocycles. The lowest BCUT2D eigenvalue weighted by molar-refractivity contribution is -0.144. The lowest BCUT2D eigenvalue weighted by atomic mass is 9.95. The van der Waals surface area contributed by atoms with E-state index in [0.717, 1.165) is 88.2 Å². The van der Waals surface area contributed by atoms with Gasteiger partial charge in [-0.2, -0.15) is 0 Å². The molecule has 0 amide bonds. The van der Waals surface area contributed by atoms with E-state index in [1.165, 1.54) is 0 Å². The summed E-state index contributed by atoms with van der Waals surface area (Å²) in [5.41, 5.74) is 0.532. The van der Waals surface area contributed by atoms with Gasteiger partial charge in [0.2, 0.25) is 0 Å². The van der Waals surface area contributed by atoms with Gasteiger partial charge in [-0.15, -0.1) is 0 Å². The fourth-order valence-corrected chi connectivity index (χ4v) is 4.42. The number of phenols is 2. The highest BCUT2D eigenvalue weighted by molar-refractivity contribution is 5.78. The van der Waals surface area contributed by atoms with Gasteiger partial charge in [0.1, 0.15) is 0 Å². The standard InChI is InChI=1S/C24H34O6/c25-19-17(7-3-1-5-11-23(13-14-23)21(27)28)9-10-18(20(19)26)8-4-2-6-12-24(15-16-24)22(29)30/h9-10,25-26H,1-8,11-16H2,(H,27,28)(H,29,30). The number of aromatic hydroxyl groups is 2. The summed E-state index contributed by atoms with van der Waals surface area (Å²) in [5, 5.41) is 39.1. The van der Waals surface area contributed by atoms with Crippen LogP contribution in [0.15, 0.2) is 12.1 Å². The molecule has 6 nitrogen and oxygen atoms in total. The SMILES string of the molecule is O=C(O)C1(CCCCCc2ccc(CCCCCC3(C(=O)O)CC3)c(O)c2O)CC1. The Morgan fingerprint density at radius 1 is 0.667 bits per heavy atom. The molecular weight excluding hydrogens is 384 g/mol. The summed E-state index contributed by atoms with van der Waals surface area (Å²) in [6, 6.07) is 3.74. The Labute approximate surface area is 177 Å². The maximum atomic E-state index is 11.2. The largest absolute Gasteiger partial charge is 0.504 e. The zero-order valence-electron chi connectivity index (χ0n) is 17.7. The molecule has 166 valence electrons. The summed E-state index contributed by atoms with van der Waals surface area (Å²) in [4.78, 5) is 22.4. The van der Waals surface area contributed by atoms with Gasteiger partial charge < -0.3 is 20.4 Å². The predicted octanol–water partition coefficient (Wildman–Crippen LogP) is 5.03. The first-order valence-electron chi connectivity index (χ1n) is 11.3. The third-order valence-corrected chi connectivity index (χ3v) is 7.14. The molecule has 0 radical (unpaired) electrons. The van der Waals surface area contributed by atoms with Crippen LogP contribution in [0.1, 0.15) is 88.2 Å². The molecule has 2 fully saturated rings. The Hall–Kier alpha value is -2.24. The van der Waals surface area contributed by atoms with E-state index >= 15 is 0 Å². The number of hydrogen-bond acceptors (Lipinski definition) is 4. The van der Waals surface area contributed by atoms with Gasteiger partial charge in [-0.25, -0.2) is 0 Å². The highest BCUT2D eigenvalue weighted by Crippen LogP contribution is 2.51. The van der Waals surface area contributed by atoms with Crippen molar-refractivity contribution in [1.82, 2.24) is 0 Å². The quantitative estimate of drug-likeness (QED) is 0.249. The van der Waals surface area contributed by atoms with E-state index in [4.69, 9.17) is 0 Å².